The number of alkyl halides is 2. The maximum atomic E-state index is 13.0. The summed E-state index contributed by atoms with van der Waals surface area (Å²) in [7, 11) is 1.27. The molecule has 3 rings (SSSR count). The number of aliphatic carboxylic acids is 1. The summed E-state index contributed by atoms with van der Waals surface area (Å²) in [5, 5.41) is 13.4. The summed E-state index contributed by atoms with van der Waals surface area (Å²) >= 11 is 0. The number of methoxy groups -OCH3 is 1. The number of carboxylic acids is 1. The highest BCUT2D eigenvalue weighted by atomic mass is 19.3. The predicted octanol–water partition coefficient (Wildman–Crippen LogP) is 3.15. The first kappa shape index (κ1) is 25.1. The zero-order chi connectivity index (χ0) is 24.7. The molecular weight excluding hydrogens is 450 g/mol. The van der Waals surface area contributed by atoms with E-state index in [-0.39, 0.29) is 25.5 Å². The SMILES string of the molecule is COC(CNC(=O)C(CC(F)F)NC(=O)OCC1c2ccccc2-c2ccccc21)CC(=O)O. The molecule has 2 aromatic carbocycles. The van der Waals surface area contributed by atoms with Crippen molar-refractivity contribution in [3.05, 3.63) is 59.7 Å². The smallest absolute Gasteiger partial charge is 0.407 e. The molecule has 0 aromatic heterocycles. The Kier molecular flexibility index (Phi) is 8.53. The van der Waals surface area contributed by atoms with Crippen LogP contribution in [0.25, 0.3) is 11.1 Å². The molecule has 1 aliphatic rings. The monoisotopic (exact) mass is 476 g/mol. The maximum Gasteiger partial charge on any atom is 0.407 e. The number of hydrogen-bond donors (Lipinski definition) is 3. The third-order valence-corrected chi connectivity index (χ3v) is 5.61. The molecule has 0 saturated heterocycles. The molecule has 0 fully saturated rings. The topological polar surface area (TPSA) is 114 Å². The molecule has 182 valence electrons. The molecule has 2 unspecified atom stereocenters. The van der Waals surface area contributed by atoms with Crippen molar-refractivity contribution < 1.29 is 37.7 Å². The Balaban J connectivity index is 1.61. The second kappa shape index (κ2) is 11.6. The number of carboxylic acid groups (broad SMARTS) is 1. The van der Waals surface area contributed by atoms with Gasteiger partial charge in [-0.25, -0.2) is 13.6 Å². The van der Waals surface area contributed by atoms with Crippen molar-refractivity contribution in [2.45, 2.75) is 37.3 Å². The highest BCUT2D eigenvalue weighted by molar-refractivity contribution is 5.86. The zero-order valence-corrected chi connectivity index (χ0v) is 18.5. The van der Waals surface area contributed by atoms with Crippen LogP contribution < -0.4 is 10.6 Å². The summed E-state index contributed by atoms with van der Waals surface area (Å²) in [6.45, 7) is -0.249. The number of nitrogens with one attached hydrogen (secondary N) is 2. The second-order valence-corrected chi connectivity index (χ2v) is 7.85. The molecule has 0 bridgehead atoms. The molecular formula is C24H26F2N2O6. The Bertz CT molecular complexity index is 987. The van der Waals surface area contributed by atoms with Crippen LogP contribution >= 0.6 is 0 Å². The summed E-state index contributed by atoms with van der Waals surface area (Å²) in [5.41, 5.74) is 4.05. The molecule has 1 aliphatic carbocycles. The van der Waals surface area contributed by atoms with Crippen LogP contribution in [0, 0.1) is 0 Å². The van der Waals surface area contributed by atoms with Gasteiger partial charge in [-0.15, -0.1) is 0 Å². The lowest BCUT2D eigenvalue weighted by atomic mass is 9.98. The van der Waals surface area contributed by atoms with Gasteiger partial charge in [-0.1, -0.05) is 48.5 Å². The fraction of sp³-hybridized carbons (Fsp3) is 0.375. The number of ether oxygens (including phenoxy) is 2. The lowest BCUT2D eigenvalue weighted by Gasteiger charge is -2.21. The molecule has 8 nitrogen and oxygen atoms in total. The summed E-state index contributed by atoms with van der Waals surface area (Å²) in [4.78, 5) is 35.6. The average molecular weight is 476 g/mol. The Morgan fingerprint density at radius 1 is 1.03 bits per heavy atom. The standard InChI is InChI=1S/C24H26F2N2O6/c1-33-14(10-22(29)30)12-27-23(31)20(11-21(25)26)28-24(32)34-13-19-17-8-4-2-6-15(17)16-7-3-5-9-18(16)19/h2-9,14,19-21H,10-13H2,1H3,(H,27,31)(H,28,32)(H,29,30). The molecule has 0 aliphatic heterocycles. The van der Waals surface area contributed by atoms with Gasteiger partial charge in [0.15, 0.2) is 0 Å². The molecule has 0 radical (unpaired) electrons. The molecule has 10 heteroatoms. The van der Waals surface area contributed by atoms with Gasteiger partial charge in [-0.3, -0.25) is 9.59 Å². The highest BCUT2D eigenvalue weighted by Gasteiger charge is 2.30. The first-order valence-electron chi connectivity index (χ1n) is 10.7. The van der Waals surface area contributed by atoms with E-state index in [9.17, 15) is 23.2 Å². The number of amides is 2. The third-order valence-electron chi connectivity index (χ3n) is 5.61. The van der Waals surface area contributed by atoms with Crippen molar-refractivity contribution in [1.29, 1.82) is 0 Å². The number of alkyl carbamates (subject to hydrolysis) is 1. The van der Waals surface area contributed by atoms with Gasteiger partial charge in [0, 0.05) is 26.0 Å². The molecule has 0 heterocycles. The van der Waals surface area contributed by atoms with Crippen molar-refractivity contribution >= 4 is 18.0 Å². The molecule has 34 heavy (non-hydrogen) atoms. The van der Waals surface area contributed by atoms with Gasteiger partial charge in [-0.05, 0) is 22.3 Å². The number of hydrogen-bond acceptors (Lipinski definition) is 5. The molecule has 3 N–H and O–H groups in total. The predicted molar refractivity (Wildman–Crippen MR) is 119 cm³/mol. The van der Waals surface area contributed by atoms with Crippen LogP contribution in [0.1, 0.15) is 29.9 Å². The number of halogens is 2. The van der Waals surface area contributed by atoms with Gasteiger partial charge in [0.05, 0.1) is 12.5 Å². The van der Waals surface area contributed by atoms with E-state index in [2.05, 4.69) is 10.6 Å². The summed E-state index contributed by atoms with van der Waals surface area (Å²) in [6, 6.07) is 13.9. The molecule has 0 saturated carbocycles. The lowest BCUT2D eigenvalue weighted by molar-refractivity contribution is -0.140. The van der Waals surface area contributed by atoms with Gasteiger partial charge in [-0.2, -0.15) is 0 Å². The van der Waals surface area contributed by atoms with E-state index in [0.29, 0.717) is 0 Å². The van der Waals surface area contributed by atoms with E-state index < -0.39 is 43.0 Å². The Labute approximate surface area is 195 Å². The number of fused-ring (bicyclic) bond motifs is 3. The number of benzene rings is 2. The second-order valence-electron chi connectivity index (χ2n) is 7.85. The van der Waals surface area contributed by atoms with Crippen molar-refractivity contribution in [2.24, 2.45) is 0 Å². The summed E-state index contributed by atoms with van der Waals surface area (Å²) in [5.74, 6) is -2.25. The van der Waals surface area contributed by atoms with E-state index in [4.69, 9.17) is 14.6 Å². The van der Waals surface area contributed by atoms with Crippen LogP contribution in [0.5, 0.6) is 0 Å². The van der Waals surface area contributed by atoms with Gasteiger partial charge in [0.1, 0.15) is 12.6 Å². The van der Waals surface area contributed by atoms with Crippen LogP contribution in [-0.4, -0.2) is 61.9 Å². The van der Waals surface area contributed by atoms with Crippen LogP contribution in [0.2, 0.25) is 0 Å². The van der Waals surface area contributed by atoms with Crippen LogP contribution in [-0.2, 0) is 19.1 Å². The lowest BCUT2D eigenvalue weighted by Crippen LogP contribution is -2.49. The van der Waals surface area contributed by atoms with E-state index in [0.717, 1.165) is 22.3 Å². The Morgan fingerprint density at radius 2 is 1.62 bits per heavy atom. The van der Waals surface area contributed by atoms with Crippen molar-refractivity contribution in [1.82, 2.24) is 10.6 Å². The fourth-order valence-corrected chi connectivity index (χ4v) is 3.96. The maximum absolute atomic E-state index is 13.0. The largest absolute Gasteiger partial charge is 0.481 e. The fourth-order valence-electron chi connectivity index (χ4n) is 3.96. The van der Waals surface area contributed by atoms with E-state index in [1.807, 2.05) is 48.5 Å². The Morgan fingerprint density at radius 3 is 2.15 bits per heavy atom. The quantitative estimate of drug-likeness (QED) is 0.459. The van der Waals surface area contributed by atoms with Crippen LogP contribution in [0.4, 0.5) is 13.6 Å². The van der Waals surface area contributed by atoms with E-state index >= 15 is 0 Å². The number of carbonyl (C=O) groups is 3. The first-order chi connectivity index (χ1) is 16.3. The average Bonchev–Trinajstić information content (AvgIpc) is 3.13. The van der Waals surface area contributed by atoms with Gasteiger partial charge >= 0.3 is 12.1 Å². The summed E-state index contributed by atoms with van der Waals surface area (Å²) < 4.78 is 36.3. The van der Waals surface area contributed by atoms with Gasteiger partial charge < -0.3 is 25.2 Å². The van der Waals surface area contributed by atoms with Gasteiger partial charge in [0.2, 0.25) is 12.3 Å². The Hall–Kier alpha value is -3.53. The molecule has 2 amide bonds. The van der Waals surface area contributed by atoms with Crippen LogP contribution in [0.15, 0.2) is 48.5 Å². The molecule has 2 atom stereocenters. The normalized spacial score (nSPS) is 14.1. The van der Waals surface area contributed by atoms with Crippen LogP contribution in [0.3, 0.4) is 0 Å². The number of carbonyl (C=O) groups excluding carboxylic acids is 2. The first-order valence-corrected chi connectivity index (χ1v) is 10.7. The van der Waals surface area contributed by atoms with Crippen molar-refractivity contribution in [3.8, 4) is 11.1 Å². The van der Waals surface area contributed by atoms with Gasteiger partial charge in [0.25, 0.3) is 0 Å². The summed E-state index contributed by atoms with van der Waals surface area (Å²) in [6.07, 6.45) is -6.01. The molecule has 0 spiro atoms. The van der Waals surface area contributed by atoms with Crippen molar-refractivity contribution in [3.63, 3.8) is 0 Å². The third kappa shape index (κ3) is 6.28. The zero-order valence-electron chi connectivity index (χ0n) is 18.5. The minimum absolute atomic E-state index is 0.0345. The van der Waals surface area contributed by atoms with Crippen molar-refractivity contribution in [2.75, 3.05) is 20.3 Å². The van der Waals surface area contributed by atoms with E-state index in [1.165, 1.54) is 7.11 Å². The number of rotatable bonds is 11. The molecule has 2 aromatic rings. The highest BCUT2D eigenvalue weighted by Crippen LogP contribution is 2.44. The minimum Gasteiger partial charge on any atom is -0.481 e. The van der Waals surface area contributed by atoms with E-state index in [1.54, 1.807) is 0 Å². The minimum atomic E-state index is -2.86.